The normalized spacial score (nSPS) is 11.3. The van der Waals surface area contributed by atoms with Gasteiger partial charge in [0, 0.05) is 18.8 Å². The van der Waals surface area contributed by atoms with E-state index in [1.165, 1.54) is 11.1 Å². The summed E-state index contributed by atoms with van der Waals surface area (Å²) in [6.45, 7) is 5.98. The lowest BCUT2D eigenvalue weighted by atomic mass is 10.1. The average Bonchev–Trinajstić information content (AvgIpc) is 3.23. The van der Waals surface area contributed by atoms with E-state index in [2.05, 4.69) is 45.8 Å². The van der Waals surface area contributed by atoms with Crippen LogP contribution in [-0.2, 0) is 19.6 Å². The molecule has 0 atom stereocenters. The van der Waals surface area contributed by atoms with Crippen molar-refractivity contribution in [3.05, 3.63) is 76.2 Å². The number of pyridine rings is 1. The van der Waals surface area contributed by atoms with Crippen LogP contribution in [0.3, 0.4) is 0 Å². The SMILES string of the molecule is Cc1cc2ncn(Cc3cn(CCn4ccccc4=O)nn3)c2cc1C. The van der Waals surface area contributed by atoms with Crippen molar-refractivity contribution in [2.45, 2.75) is 33.5 Å². The van der Waals surface area contributed by atoms with Gasteiger partial charge >= 0.3 is 0 Å². The first-order chi connectivity index (χ1) is 12.6. The number of benzene rings is 1. The molecule has 7 heteroatoms. The largest absolute Gasteiger partial charge is 0.324 e. The van der Waals surface area contributed by atoms with Gasteiger partial charge in [-0.25, -0.2) is 4.98 Å². The van der Waals surface area contributed by atoms with Gasteiger partial charge in [-0.05, 0) is 43.2 Å². The third-order valence-corrected chi connectivity index (χ3v) is 4.62. The van der Waals surface area contributed by atoms with Gasteiger partial charge in [-0.1, -0.05) is 11.3 Å². The summed E-state index contributed by atoms with van der Waals surface area (Å²) in [5.41, 5.74) is 5.43. The Hall–Kier alpha value is -3.22. The molecule has 4 aromatic rings. The number of hydrogen-bond donors (Lipinski definition) is 0. The molecule has 4 rings (SSSR count). The molecular weight excluding hydrogens is 328 g/mol. The highest BCUT2D eigenvalue weighted by atomic mass is 16.1. The quantitative estimate of drug-likeness (QED) is 0.554. The van der Waals surface area contributed by atoms with Crippen LogP contribution in [0.25, 0.3) is 11.0 Å². The smallest absolute Gasteiger partial charge is 0.250 e. The molecule has 0 saturated carbocycles. The van der Waals surface area contributed by atoms with Gasteiger partial charge in [-0.15, -0.1) is 5.10 Å². The Morgan fingerprint density at radius 2 is 1.88 bits per heavy atom. The van der Waals surface area contributed by atoms with Crippen LogP contribution in [0.2, 0.25) is 0 Å². The van der Waals surface area contributed by atoms with Gasteiger partial charge in [0.15, 0.2) is 0 Å². The number of aromatic nitrogens is 6. The number of aryl methyl sites for hydroxylation is 4. The highest BCUT2D eigenvalue weighted by molar-refractivity contribution is 5.77. The van der Waals surface area contributed by atoms with E-state index in [0.29, 0.717) is 19.6 Å². The van der Waals surface area contributed by atoms with Gasteiger partial charge in [0.25, 0.3) is 5.56 Å². The summed E-state index contributed by atoms with van der Waals surface area (Å²) >= 11 is 0. The second-order valence-electron chi connectivity index (χ2n) is 6.50. The van der Waals surface area contributed by atoms with Crippen molar-refractivity contribution < 1.29 is 0 Å². The second-order valence-corrected chi connectivity index (χ2v) is 6.50. The number of fused-ring (bicyclic) bond motifs is 1. The first kappa shape index (κ1) is 16.3. The third-order valence-electron chi connectivity index (χ3n) is 4.62. The third kappa shape index (κ3) is 3.15. The molecule has 0 fully saturated rings. The van der Waals surface area contributed by atoms with Crippen LogP contribution in [0.15, 0.2) is 53.8 Å². The standard InChI is InChI=1S/C19H20N6O/c1-14-9-17-18(10-15(14)2)24(13-20-17)11-16-12-25(22-21-16)8-7-23-6-4-3-5-19(23)26/h3-6,9-10,12-13H,7-8,11H2,1-2H3. The van der Waals surface area contributed by atoms with E-state index < -0.39 is 0 Å². The summed E-state index contributed by atoms with van der Waals surface area (Å²) < 4.78 is 5.51. The fraction of sp³-hybridized carbons (Fsp3) is 0.263. The molecule has 7 nitrogen and oxygen atoms in total. The van der Waals surface area contributed by atoms with Gasteiger partial charge in [-0.2, -0.15) is 0 Å². The molecule has 132 valence electrons. The first-order valence-electron chi connectivity index (χ1n) is 8.57. The monoisotopic (exact) mass is 348 g/mol. The Balaban J connectivity index is 1.49. The zero-order valence-corrected chi connectivity index (χ0v) is 14.8. The van der Waals surface area contributed by atoms with Crippen LogP contribution in [-0.4, -0.2) is 29.1 Å². The predicted octanol–water partition coefficient (Wildman–Crippen LogP) is 2.15. The lowest BCUT2D eigenvalue weighted by Crippen LogP contribution is -2.20. The summed E-state index contributed by atoms with van der Waals surface area (Å²) in [6.07, 6.45) is 5.54. The van der Waals surface area contributed by atoms with E-state index in [9.17, 15) is 4.79 Å². The summed E-state index contributed by atoms with van der Waals surface area (Å²) in [5.74, 6) is 0. The van der Waals surface area contributed by atoms with Crippen LogP contribution in [0.5, 0.6) is 0 Å². The van der Waals surface area contributed by atoms with E-state index in [1.54, 1.807) is 27.6 Å². The maximum Gasteiger partial charge on any atom is 0.250 e. The molecule has 26 heavy (non-hydrogen) atoms. The van der Waals surface area contributed by atoms with Gasteiger partial charge in [0.2, 0.25) is 0 Å². The lowest BCUT2D eigenvalue weighted by molar-refractivity contribution is 0.511. The Bertz CT molecular complexity index is 1120. The Morgan fingerprint density at radius 1 is 1.04 bits per heavy atom. The molecule has 0 unspecified atom stereocenters. The minimum atomic E-state index is -0.0108. The molecule has 0 N–H and O–H groups in total. The van der Waals surface area contributed by atoms with E-state index in [-0.39, 0.29) is 5.56 Å². The first-order valence-corrected chi connectivity index (χ1v) is 8.57. The van der Waals surface area contributed by atoms with Crippen molar-refractivity contribution >= 4 is 11.0 Å². The molecule has 0 saturated heterocycles. The summed E-state index contributed by atoms with van der Waals surface area (Å²) in [6, 6.07) is 9.41. The fourth-order valence-electron chi connectivity index (χ4n) is 2.99. The van der Waals surface area contributed by atoms with Crippen LogP contribution in [0.1, 0.15) is 16.8 Å². The van der Waals surface area contributed by atoms with Gasteiger partial charge in [0.1, 0.15) is 5.69 Å². The molecule has 0 radical (unpaired) electrons. The van der Waals surface area contributed by atoms with E-state index in [0.717, 1.165) is 16.7 Å². The minimum Gasteiger partial charge on any atom is -0.324 e. The van der Waals surface area contributed by atoms with Crippen molar-refractivity contribution in [1.29, 1.82) is 0 Å². The van der Waals surface area contributed by atoms with Crippen LogP contribution < -0.4 is 5.56 Å². The molecule has 3 heterocycles. The van der Waals surface area contributed by atoms with Crippen molar-refractivity contribution in [3.8, 4) is 0 Å². The second kappa shape index (κ2) is 6.59. The van der Waals surface area contributed by atoms with E-state index in [1.807, 2.05) is 18.6 Å². The number of rotatable bonds is 5. The van der Waals surface area contributed by atoms with E-state index >= 15 is 0 Å². The number of imidazole rings is 1. The Morgan fingerprint density at radius 3 is 2.73 bits per heavy atom. The average molecular weight is 348 g/mol. The number of hydrogen-bond acceptors (Lipinski definition) is 4. The summed E-state index contributed by atoms with van der Waals surface area (Å²) in [4.78, 5) is 16.2. The Labute approximate surface area is 150 Å². The zero-order chi connectivity index (χ0) is 18.1. The molecule has 0 aliphatic carbocycles. The summed E-state index contributed by atoms with van der Waals surface area (Å²) in [7, 11) is 0. The van der Waals surface area contributed by atoms with Gasteiger partial charge in [0.05, 0.1) is 36.6 Å². The topological polar surface area (TPSA) is 70.5 Å². The van der Waals surface area contributed by atoms with Gasteiger partial charge < -0.3 is 9.13 Å². The summed E-state index contributed by atoms with van der Waals surface area (Å²) in [5, 5.41) is 8.42. The molecule has 0 spiro atoms. The maximum atomic E-state index is 11.7. The molecule has 0 amide bonds. The Kier molecular flexibility index (Phi) is 4.12. The van der Waals surface area contributed by atoms with E-state index in [4.69, 9.17) is 0 Å². The highest BCUT2D eigenvalue weighted by Gasteiger charge is 2.08. The van der Waals surface area contributed by atoms with Crippen LogP contribution in [0.4, 0.5) is 0 Å². The van der Waals surface area contributed by atoms with Crippen molar-refractivity contribution in [2.75, 3.05) is 0 Å². The molecule has 0 aliphatic heterocycles. The fourth-order valence-corrected chi connectivity index (χ4v) is 2.99. The maximum absolute atomic E-state index is 11.7. The van der Waals surface area contributed by atoms with Crippen molar-refractivity contribution in [2.24, 2.45) is 0 Å². The number of nitrogens with zero attached hydrogens (tertiary/aromatic N) is 6. The zero-order valence-electron chi connectivity index (χ0n) is 14.8. The van der Waals surface area contributed by atoms with Crippen LogP contribution in [0, 0.1) is 13.8 Å². The molecule has 0 bridgehead atoms. The molecule has 1 aromatic carbocycles. The van der Waals surface area contributed by atoms with Crippen LogP contribution >= 0.6 is 0 Å². The van der Waals surface area contributed by atoms with Gasteiger partial charge in [-0.3, -0.25) is 9.48 Å². The highest BCUT2D eigenvalue weighted by Crippen LogP contribution is 2.19. The molecule has 0 aliphatic rings. The minimum absolute atomic E-state index is 0.0108. The van der Waals surface area contributed by atoms with Crippen molar-refractivity contribution in [3.63, 3.8) is 0 Å². The molecule has 3 aromatic heterocycles. The van der Waals surface area contributed by atoms with Crippen molar-refractivity contribution in [1.82, 2.24) is 29.1 Å². The lowest BCUT2D eigenvalue weighted by Gasteiger charge is -2.04. The predicted molar refractivity (Wildman–Crippen MR) is 99.0 cm³/mol. The molecular formula is C19H20N6O.